The van der Waals surface area contributed by atoms with Crippen LogP contribution in [-0.2, 0) is 0 Å². The molecular weight excluding hydrogens is 288 g/mol. The average molecular weight is 297 g/mol. The van der Waals surface area contributed by atoms with Gasteiger partial charge < -0.3 is 4.40 Å². The molecule has 3 aromatic heterocycles. The SMILES string of the molecule is Fc1cccc(F)c1-c1ccc2c(-n3ccnn3)ncn2c1. The molecule has 0 atom stereocenters. The van der Waals surface area contributed by atoms with E-state index in [1.165, 1.54) is 22.9 Å². The molecule has 4 aromatic rings. The van der Waals surface area contributed by atoms with Crippen molar-refractivity contribution in [1.29, 1.82) is 0 Å². The van der Waals surface area contributed by atoms with Gasteiger partial charge in [-0.2, -0.15) is 0 Å². The maximum absolute atomic E-state index is 13.9. The number of hydrogen-bond acceptors (Lipinski definition) is 3. The number of halogens is 2. The lowest BCUT2D eigenvalue weighted by Crippen LogP contribution is -1.97. The zero-order valence-corrected chi connectivity index (χ0v) is 11.2. The topological polar surface area (TPSA) is 48.0 Å². The van der Waals surface area contributed by atoms with Crippen LogP contribution in [0, 0.1) is 11.6 Å². The van der Waals surface area contributed by atoms with Gasteiger partial charge in [-0.25, -0.2) is 18.4 Å². The number of fused-ring (bicyclic) bond motifs is 1. The molecule has 7 heteroatoms. The summed E-state index contributed by atoms with van der Waals surface area (Å²) in [5.41, 5.74) is 1.14. The summed E-state index contributed by atoms with van der Waals surface area (Å²) in [5, 5.41) is 7.63. The molecule has 22 heavy (non-hydrogen) atoms. The van der Waals surface area contributed by atoms with Gasteiger partial charge in [0.25, 0.3) is 0 Å². The molecule has 0 bridgehead atoms. The van der Waals surface area contributed by atoms with Crippen LogP contribution in [0.15, 0.2) is 55.2 Å². The van der Waals surface area contributed by atoms with Gasteiger partial charge in [-0.1, -0.05) is 17.3 Å². The summed E-state index contributed by atoms with van der Waals surface area (Å²) in [6, 6.07) is 7.20. The van der Waals surface area contributed by atoms with Gasteiger partial charge in [-0.15, -0.1) is 5.10 Å². The summed E-state index contributed by atoms with van der Waals surface area (Å²) in [7, 11) is 0. The summed E-state index contributed by atoms with van der Waals surface area (Å²) in [6.07, 6.45) is 6.42. The predicted molar refractivity (Wildman–Crippen MR) is 75.5 cm³/mol. The second-order valence-electron chi connectivity index (χ2n) is 4.72. The van der Waals surface area contributed by atoms with Crippen LogP contribution >= 0.6 is 0 Å². The third-order valence-electron chi connectivity index (χ3n) is 3.40. The van der Waals surface area contributed by atoms with Gasteiger partial charge >= 0.3 is 0 Å². The van der Waals surface area contributed by atoms with Crippen LogP contribution in [0.4, 0.5) is 8.78 Å². The zero-order chi connectivity index (χ0) is 15.1. The van der Waals surface area contributed by atoms with Gasteiger partial charge in [0.15, 0.2) is 5.82 Å². The van der Waals surface area contributed by atoms with Crippen LogP contribution in [0.5, 0.6) is 0 Å². The molecular formula is C15H9F2N5. The number of pyridine rings is 1. The molecule has 0 aliphatic carbocycles. The van der Waals surface area contributed by atoms with E-state index in [-0.39, 0.29) is 5.56 Å². The van der Waals surface area contributed by atoms with Crippen LogP contribution in [0.25, 0.3) is 22.5 Å². The zero-order valence-electron chi connectivity index (χ0n) is 11.2. The first kappa shape index (κ1) is 12.6. The molecule has 0 saturated carbocycles. The van der Waals surface area contributed by atoms with E-state index >= 15 is 0 Å². The van der Waals surface area contributed by atoms with Crippen LogP contribution in [0.2, 0.25) is 0 Å². The van der Waals surface area contributed by atoms with Gasteiger partial charge in [0.2, 0.25) is 0 Å². The fourth-order valence-electron chi connectivity index (χ4n) is 2.40. The van der Waals surface area contributed by atoms with Crippen LogP contribution < -0.4 is 0 Å². The summed E-state index contributed by atoms with van der Waals surface area (Å²) < 4.78 is 31.0. The molecule has 0 amide bonds. The Morgan fingerprint density at radius 1 is 1.00 bits per heavy atom. The van der Waals surface area contributed by atoms with Crippen molar-refractivity contribution in [3.63, 3.8) is 0 Å². The van der Waals surface area contributed by atoms with Crippen molar-refractivity contribution in [3.05, 3.63) is 66.9 Å². The highest BCUT2D eigenvalue weighted by Gasteiger charge is 2.13. The molecule has 108 valence electrons. The van der Waals surface area contributed by atoms with Crippen molar-refractivity contribution in [2.75, 3.05) is 0 Å². The second-order valence-corrected chi connectivity index (χ2v) is 4.72. The molecule has 0 radical (unpaired) electrons. The van der Waals surface area contributed by atoms with Crippen LogP contribution in [0.1, 0.15) is 0 Å². The fraction of sp³-hybridized carbons (Fsp3) is 0. The average Bonchev–Trinajstić information content (AvgIpc) is 3.15. The quantitative estimate of drug-likeness (QED) is 0.571. The first-order valence-corrected chi connectivity index (χ1v) is 6.52. The highest BCUT2D eigenvalue weighted by molar-refractivity contribution is 5.69. The van der Waals surface area contributed by atoms with Crippen LogP contribution in [-0.4, -0.2) is 24.4 Å². The monoisotopic (exact) mass is 297 g/mol. The lowest BCUT2D eigenvalue weighted by molar-refractivity contribution is 0.589. The standard InChI is InChI=1S/C15H9F2N5/c16-11-2-1-3-12(17)14(11)10-4-5-13-15(18-9-21(13)8-10)22-7-6-19-20-22/h1-9H. The minimum absolute atomic E-state index is 0.0552. The van der Waals surface area contributed by atoms with E-state index in [9.17, 15) is 8.78 Å². The second kappa shape index (κ2) is 4.73. The van der Waals surface area contributed by atoms with E-state index in [1.54, 1.807) is 41.5 Å². The predicted octanol–water partition coefficient (Wildman–Crippen LogP) is 2.86. The van der Waals surface area contributed by atoms with Gasteiger partial charge in [0.1, 0.15) is 18.0 Å². The summed E-state index contributed by atoms with van der Waals surface area (Å²) in [5.74, 6) is -0.606. The Kier molecular flexibility index (Phi) is 2.72. The maximum atomic E-state index is 13.9. The largest absolute Gasteiger partial charge is 0.304 e. The van der Waals surface area contributed by atoms with Gasteiger partial charge in [-0.05, 0) is 18.2 Å². The highest BCUT2D eigenvalue weighted by Crippen LogP contribution is 2.27. The first-order valence-electron chi connectivity index (χ1n) is 6.52. The fourth-order valence-corrected chi connectivity index (χ4v) is 2.40. The Hall–Kier alpha value is -3.09. The maximum Gasteiger partial charge on any atom is 0.180 e. The summed E-state index contributed by atoms with van der Waals surface area (Å²) in [4.78, 5) is 4.25. The van der Waals surface area contributed by atoms with E-state index in [4.69, 9.17) is 0 Å². The van der Waals surface area contributed by atoms with Gasteiger partial charge in [0.05, 0.1) is 23.5 Å². The highest BCUT2D eigenvalue weighted by atomic mass is 19.1. The van der Waals surface area contributed by atoms with Crippen molar-refractivity contribution in [2.45, 2.75) is 0 Å². The molecule has 0 saturated heterocycles. The van der Waals surface area contributed by atoms with Gasteiger partial charge in [-0.3, -0.25) is 0 Å². The number of aromatic nitrogens is 5. The molecule has 0 N–H and O–H groups in total. The Morgan fingerprint density at radius 2 is 1.82 bits per heavy atom. The minimum Gasteiger partial charge on any atom is -0.304 e. The molecule has 4 rings (SSSR count). The summed E-state index contributed by atoms with van der Waals surface area (Å²) in [6.45, 7) is 0. The molecule has 0 fully saturated rings. The number of rotatable bonds is 2. The molecule has 5 nitrogen and oxygen atoms in total. The van der Waals surface area contributed by atoms with Gasteiger partial charge in [0, 0.05) is 11.8 Å². The number of imidazole rings is 1. The van der Waals surface area contributed by atoms with E-state index in [0.29, 0.717) is 11.4 Å². The Morgan fingerprint density at radius 3 is 2.55 bits per heavy atom. The summed E-state index contributed by atoms with van der Waals surface area (Å²) >= 11 is 0. The normalized spacial score (nSPS) is 11.2. The van der Waals surface area contributed by atoms with Crippen molar-refractivity contribution >= 4 is 5.52 Å². The van der Waals surface area contributed by atoms with Crippen molar-refractivity contribution in [2.24, 2.45) is 0 Å². The third kappa shape index (κ3) is 1.86. The molecule has 1 aromatic carbocycles. The van der Waals surface area contributed by atoms with E-state index in [0.717, 1.165) is 5.52 Å². The van der Waals surface area contributed by atoms with E-state index < -0.39 is 11.6 Å². The van der Waals surface area contributed by atoms with E-state index in [2.05, 4.69) is 15.3 Å². The van der Waals surface area contributed by atoms with Crippen LogP contribution in [0.3, 0.4) is 0 Å². The Balaban J connectivity index is 1.90. The molecule has 0 aliphatic heterocycles. The lowest BCUT2D eigenvalue weighted by Gasteiger charge is -2.06. The minimum atomic E-state index is -0.601. The van der Waals surface area contributed by atoms with E-state index in [1.807, 2.05) is 0 Å². The Labute approximate surface area is 123 Å². The molecule has 0 spiro atoms. The number of hydrogen-bond donors (Lipinski definition) is 0. The molecule has 0 unspecified atom stereocenters. The molecule has 3 heterocycles. The number of benzene rings is 1. The smallest absolute Gasteiger partial charge is 0.180 e. The molecule has 0 aliphatic rings. The van der Waals surface area contributed by atoms with Crippen molar-refractivity contribution in [1.82, 2.24) is 24.4 Å². The third-order valence-corrected chi connectivity index (χ3v) is 3.40. The Bertz CT molecular complexity index is 939. The van der Waals surface area contributed by atoms with Crippen molar-refractivity contribution in [3.8, 4) is 16.9 Å². The van der Waals surface area contributed by atoms with Crippen molar-refractivity contribution < 1.29 is 8.78 Å². The lowest BCUT2D eigenvalue weighted by atomic mass is 10.1. The first-order chi connectivity index (χ1) is 10.7. The number of nitrogens with zero attached hydrogens (tertiary/aromatic N) is 5.